The largest absolute Gasteiger partial charge is 0.381 e. The molecule has 0 aliphatic carbocycles. The molecule has 5 nitrogen and oxygen atoms in total. The molecular weight excluding hydrogens is 230 g/mol. The predicted molar refractivity (Wildman–Crippen MR) is 64.8 cm³/mol. The third kappa shape index (κ3) is 2.66. The van der Waals surface area contributed by atoms with Crippen molar-refractivity contribution in [3.63, 3.8) is 0 Å². The molecule has 1 aliphatic rings. The van der Waals surface area contributed by atoms with Crippen molar-refractivity contribution >= 4 is 5.91 Å². The number of rotatable bonds is 2. The Morgan fingerprint density at radius 2 is 2.22 bits per heavy atom. The van der Waals surface area contributed by atoms with Crippen LogP contribution >= 0.6 is 0 Å². The molecular formula is C13H15N3O2. The van der Waals surface area contributed by atoms with Crippen LogP contribution in [0.5, 0.6) is 0 Å². The maximum absolute atomic E-state index is 12.0. The lowest BCUT2D eigenvalue weighted by molar-refractivity contribution is 0.0531. The summed E-state index contributed by atoms with van der Waals surface area (Å²) in [5, 5.41) is 12.0. The van der Waals surface area contributed by atoms with E-state index in [0.29, 0.717) is 31.6 Å². The van der Waals surface area contributed by atoms with Crippen LogP contribution in [0.15, 0.2) is 18.3 Å². The molecule has 1 amide bonds. The summed E-state index contributed by atoms with van der Waals surface area (Å²) < 4.78 is 5.21. The highest BCUT2D eigenvalue weighted by Crippen LogP contribution is 2.20. The number of carbonyl (C=O) groups is 1. The second kappa shape index (κ2) is 5.15. The first kappa shape index (κ1) is 12.5. The van der Waals surface area contributed by atoms with Gasteiger partial charge in [-0.15, -0.1) is 0 Å². The molecule has 1 aromatic heterocycles. The van der Waals surface area contributed by atoms with Crippen LogP contribution in [0.1, 0.15) is 28.9 Å². The molecule has 94 valence electrons. The van der Waals surface area contributed by atoms with Gasteiger partial charge in [-0.2, -0.15) is 5.26 Å². The number of amides is 1. The summed E-state index contributed by atoms with van der Waals surface area (Å²) in [5.74, 6) is -0.258. The Hall–Kier alpha value is -1.93. The van der Waals surface area contributed by atoms with Gasteiger partial charge in [-0.1, -0.05) is 0 Å². The minimum Gasteiger partial charge on any atom is -0.381 e. The van der Waals surface area contributed by atoms with Gasteiger partial charge in [-0.25, -0.2) is 0 Å². The van der Waals surface area contributed by atoms with Gasteiger partial charge in [-0.3, -0.25) is 9.78 Å². The van der Waals surface area contributed by atoms with Gasteiger partial charge in [0.15, 0.2) is 0 Å². The van der Waals surface area contributed by atoms with E-state index in [1.165, 1.54) is 6.20 Å². The lowest BCUT2D eigenvalue weighted by Crippen LogP contribution is -2.50. The fraction of sp³-hybridized carbons (Fsp3) is 0.462. The van der Waals surface area contributed by atoms with Crippen molar-refractivity contribution in [2.45, 2.75) is 25.3 Å². The standard InChI is InChI=1S/C13H15N3O2/c1-10-2-3-11(8-15-10)12(17)16-13(9-14)4-6-18-7-5-13/h2-3,8H,4-7H2,1H3,(H,16,17). The van der Waals surface area contributed by atoms with Crippen LogP contribution < -0.4 is 5.32 Å². The summed E-state index contributed by atoms with van der Waals surface area (Å²) in [4.78, 5) is 16.1. The van der Waals surface area contributed by atoms with Crippen molar-refractivity contribution in [3.8, 4) is 6.07 Å². The maximum Gasteiger partial charge on any atom is 0.254 e. The molecule has 2 heterocycles. The zero-order valence-corrected chi connectivity index (χ0v) is 10.3. The molecule has 1 aromatic rings. The van der Waals surface area contributed by atoms with E-state index < -0.39 is 5.54 Å². The van der Waals surface area contributed by atoms with E-state index in [0.717, 1.165) is 5.69 Å². The zero-order valence-electron chi connectivity index (χ0n) is 10.3. The fourth-order valence-corrected chi connectivity index (χ4v) is 1.88. The van der Waals surface area contributed by atoms with Crippen LogP contribution in [0.4, 0.5) is 0 Å². The summed E-state index contributed by atoms with van der Waals surface area (Å²) in [6.45, 7) is 2.86. The molecule has 2 rings (SSSR count). The second-order valence-corrected chi connectivity index (χ2v) is 4.45. The van der Waals surface area contributed by atoms with E-state index in [1.807, 2.05) is 6.92 Å². The van der Waals surface area contributed by atoms with Gasteiger partial charge in [0.05, 0.1) is 11.6 Å². The minimum atomic E-state index is -0.805. The fourth-order valence-electron chi connectivity index (χ4n) is 1.88. The number of hydrogen-bond donors (Lipinski definition) is 1. The smallest absolute Gasteiger partial charge is 0.254 e. The normalized spacial score (nSPS) is 17.8. The SMILES string of the molecule is Cc1ccc(C(=O)NC2(C#N)CCOCC2)cn1. The highest BCUT2D eigenvalue weighted by atomic mass is 16.5. The average Bonchev–Trinajstić information content (AvgIpc) is 2.40. The highest BCUT2D eigenvalue weighted by molar-refractivity contribution is 5.94. The number of nitrogens with zero attached hydrogens (tertiary/aromatic N) is 2. The third-order valence-electron chi connectivity index (χ3n) is 3.09. The topological polar surface area (TPSA) is 75.0 Å². The Morgan fingerprint density at radius 3 is 2.78 bits per heavy atom. The summed E-state index contributed by atoms with van der Waals surface area (Å²) in [5.41, 5.74) is 0.523. The number of carbonyl (C=O) groups excluding carboxylic acids is 1. The van der Waals surface area contributed by atoms with Crippen LogP contribution in [0.25, 0.3) is 0 Å². The first-order valence-corrected chi connectivity index (χ1v) is 5.89. The molecule has 5 heteroatoms. The summed E-state index contributed by atoms with van der Waals surface area (Å²) in [7, 11) is 0. The molecule has 0 radical (unpaired) electrons. The molecule has 1 aliphatic heterocycles. The Labute approximate surface area is 106 Å². The first-order chi connectivity index (χ1) is 8.65. The molecule has 0 saturated carbocycles. The van der Waals surface area contributed by atoms with Gasteiger partial charge in [0, 0.05) is 37.9 Å². The number of ether oxygens (including phenoxy) is 1. The van der Waals surface area contributed by atoms with Crippen molar-refractivity contribution in [2.24, 2.45) is 0 Å². The molecule has 0 aromatic carbocycles. The lowest BCUT2D eigenvalue weighted by Gasteiger charge is -2.31. The molecule has 1 saturated heterocycles. The minimum absolute atomic E-state index is 0.258. The van der Waals surface area contributed by atoms with E-state index in [2.05, 4.69) is 16.4 Å². The average molecular weight is 245 g/mol. The number of aromatic nitrogens is 1. The molecule has 1 fully saturated rings. The Kier molecular flexibility index (Phi) is 3.58. The Balaban J connectivity index is 2.10. The van der Waals surface area contributed by atoms with Crippen molar-refractivity contribution in [2.75, 3.05) is 13.2 Å². The van der Waals surface area contributed by atoms with Crippen LogP contribution in [0, 0.1) is 18.3 Å². The second-order valence-electron chi connectivity index (χ2n) is 4.45. The summed E-state index contributed by atoms with van der Waals surface area (Å²) in [6, 6.07) is 5.68. The number of pyridine rings is 1. The van der Waals surface area contributed by atoms with Crippen LogP contribution in [-0.2, 0) is 4.74 Å². The van der Waals surface area contributed by atoms with Crippen LogP contribution in [0.2, 0.25) is 0 Å². The van der Waals surface area contributed by atoms with Gasteiger partial charge >= 0.3 is 0 Å². The van der Waals surface area contributed by atoms with E-state index in [-0.39, 0.29) is 5.91 Å². The maximum atomic E-state index is 12.0. The number of nitriles is 1. The lowest BCUT2D eigenvalue weighted by atomic mass is 9.91. The predicted octanol–water partition coefficient (Wildman–Crippen LogP) is 1.19. The van der Waals surface area contributed by atoms with E-state index >= 15 is 0 Å². The molecule has 0 bridgehead atoms. The number of nitrogens with one attached hydrogen (secondary N) is 1. The van der Waals surface area contributed by atoms with E-state index in [9.17, 15) is 10.1 Å². The van der Waals surface area contributed by atoms with E-state index in [4.69, 9.17) is 4.74 Å². The van der Waals surface area contributed by atoms with Gasteiger partial charge in [-0.05, 0) is 19.1 Å². The van der Waals surface area contributed by atoms with Crippen molar-refractivity contribution in [3.05, 3.63) is 29.6 Å². The van der Waals surface area contributed by atoms with Gasteiger partial charge in [0.2, 0.25) is 0 Å². The monoisotopic (exact) mass is 245 g/mol. The van der Waals surface area contributed by atoms with Crippen LogP contribution in [-0.4, -0.2) is 29.6 Å². The third-order valence-corrected chi connectivity index (χ3v) is 3.09. The van der Waals surface area contributed by atoms with Crippen molar-refractivity contribution in [1.82, 2.24) is 10.3 Å². The molecule has 0 atom stereocenters. The first-order valence-electron chi connectivity index (χ1n) is 5.89. The molecule has 0 unspecified atom stereocenters. The molecule has 1 N–H and O–H groups in total. The van der Waals surface area contributed by atoms with Gasteiger partial charge in [0.25, 0.3) is 5.91 Å². The van der Waals surface area contributed by atoms with Crippen molar-refractivity contribution in [1.29, 1.82) is 5.26 Å². The zero-order chi connectivity index (χ0) is 13.0. The van der Waals surface area contributed by atoms with Crippen molar-refractivity contribution < 1.29 is 9.53 Å². The Bertz CT molecular complexity index is 470. The quantitative estimate of drug-likeness (QED) is 0.849. The van der Waals surface area contributed by atoms with Gasteiger partial charge in [0.1, 0.15) is 5.54 Å². The van der Waals surface area contributed by atoms with Crippen LogP contribution in [0.3, 0.4) is 0 Å². The molecule has 0 spiro atoms. The molecule has 18 heavy (non-hydrogen) atoms. The summed E-state index contributed by atoms with van der Waals surface area (Å²) in [6.07, 6.45) is 2.57. The highest BCUT2D eigenvalue weighted by Gasteiger charge is 2.34. The van der Waals surface area contributed by atoms with Gasteiger partial charge < -0.3 is 10.1 Å². The summed E-state index contributed by atoms with van der Waals surface area (Å²) >= 11 is 0. The number of aryl methyl sites for hydroxylation is 1. The number of hydrogen-bond acceptors (Lipinski definition) is 4. The van der Waals surface area contributed by atoms with E-state index in [1.54, 1.807) is 12.1 Å². The Morgan fingerprint density at radius 1 is 1.50 bits per heavy atom.